The van der Waals surface area contributed by atoms with Crippen molar-refractivity contribution in [3.8, 4) is 28.6 Å². The van der Waals surface area contributed by atoms with Crippen LogP contribution in [0.15, 0.2) is 90.3 Å². The number of ether oxygens (including phenoxy) is 2. The fraction of sp³-hybridized carbons (Fsp3) is 0.200. The van der Waals surface area contributed by atoms with Gasteiger partial charge < -0.3 is 14.0 Å². The van der Waals surface area contributed by atoms with Crippen molar-refractivity contribution in [2.75, 3.05) is 12.4 Å². The minimum atomic E-state index is -0.141. The number of Topliss-reactive ketones (excluding diaryl/α,β-unsaturated/α-hetero) is 1. The highest BCUT2D eigenvalue weighted by atomic mass is 32.2. The van der Waals surface area contributed by atoms with Crippen LogP contribution in [0, 0.1) is 13.8 Å². The molecule has 2 aromatic carbocycles. The van der Waals surface area contributed by atoms with E-state index in [-0.39, 0.29) is 17.6 Å². The number of hydrogen-bond donors (Lipinski definition) is 0. The summed E-state index contributed by atoms with van der Waals surface area (Å²) in [4.78, 5) is 17.5. The molecule has 1 aliphatic rings. The first-order valence-corrected chi connectivity index (χ1v) is 13.7. The summed E-state index contributed by atoms with van der Waals surface area (Å²) in [6.07, 6.45) is 3.32. The normalized spacial score (nSPS) is 14.4. The summed E-state index contributed by atoms with van der Waals surface area (Å²) < 4.78 is 16.2. The van der Waals surface area contributed by atoms with Crippen molar-refractivity contribution in [2.24, 2.45) is 0 Å². The zero-order chi connectivity index (χ0) is 26.8. The van der Waals surface area contributed by atoms with Gasteiger partial charge in [0.1, 0.15) is 6.61 Å². The topological polar surface area (TPSA) is 84.1 Å². The van der Waals surface area contributed by atoms with Gasteiger partial charge in [-0.15, -0.1) is 10.2 Å². The molecule has 6 rings (SSSR count). The predicted molar refractivity (Wildman–Crippen MR) is 150 cm³/mol. The summed E-state index contributed by atoms with van der Waals surface area (Å²) in [5, 5.41) is 9.55. The maximum absolute atomic E-state index is 13.4. The van der Waals surface area contributed by atoms with Crippen molar-refractivity contribution in [3.63, 3.8) is 0 Å². The van der Waals surface area contributed by atoms with E-state index in [1.54, 1.807) is 12.4 Å². The molecule has 0 fully saturated rings. The third-order valence-electron chi connectivity index (χ3n) is 6.75. The Hall–Kier alpha value is -4.37. The lowest BCUT2D eigenvalue weighted by molar-refractivity contribution is 0.0777. The highest BCUT2D eigenvalue weighted by Crippen LogP contribution is 2.32. The van der Waals surface area contributed by atoms with Crippen molar-refractivity contribution in [3.05, 3.63) is 102 Å². The first-order chi connectivity index (χ1) is 19.1. The molecule has 9 heteroatoms. The van der Waals surface area contributed by atoms with Crippen LogP contribution in [0.4, 0.5) is 0 Å². The Morgan fingerprint density at radius 1 is 0.974 bits per heavy atom. The Morgan fingerprint density at radius 3 is 2.51 bits per heavy atom. The van der Waals surface area contributed by atoms with Gasteiger partial charge in [0.05, 0.1) is 12.3 Å². The number of para-hydroxylation sites is 3. The van der Waals surface area contributed by atoms with E-state index in [1.807, 2.05) is 91.2 Å². The number of aromatic nitrogens is 5. The van der Waals surface area contributed by atoms with Crippen LogP contribution in [-0.4, -0.2) is 48.6 Å². The second kappa shape index (κ2) is 10.8. The van der Waals surface area contributed by atoms with Crippen LogP contribution in [-0.2, 0) is 6.54 Å². The lowest BCUT2D eigenvalue weighted by Gasteiger charge is -2.27. The number of ketones is 1. The first-order valence-electron chi connectivity index (χ1n) is 12.7. The maximum atomic E-state index is 13.4. The number of carbonyl (C=O) groups excluding carboxylic acids is 1. The van der Waals surface area contributed by atoms with Gasteiger partial charge in [-0.05, 0) is 56.3 Å². The van der Waals surface area contributed by atoms with Gasteiger partial charge in [-0.1, -0.05) is 42.1 Å². The van der Waals surface area contributed by atoms with Crippen LogP contribution in [0.25, 0.3) is 17.1 Å². The molecule has 5 aromatic rings. The number of thioether (sulfide) groups is 1. The van der Waals surface area contributed by atoms with Crippen LogP contribution in [0.3, 0.4) is 0 Å². The molecular weight excluding hydrogens is 510 g/mol. The molecule has 0 aliphatic carbocycles. The van der Waals surface area contributed by atoms with Gasteiger partial charge in [-0.25, -0.2) is 0 Å². The molecule has 196 valence electrons. The SMILES string of the molecule is Cc1cc(C(=O)CSc2nnc(-c3ccncc3)n2-c2ccccc2)c(C)n1C[C@H]1COc2ccccc2O1. The number of carbonyl (C=O) groups is 1. The molecule has 0 spiro atoms. The van der Waals surface area contributed by atoms with E-state index in [0.29, 0.717) is 29.7 Å². The zero-order valence-corrected chi connectivity index (χ0v) is 22.5. The smallest absolute Gasteiger partial charge is 0.196 e. The Kier molecular flexibility index (Phi) is 6.89. The van der Waals surface area contributed by atoms with Crippen LogP contribution >= 0.6 is 11.8 Å². The number of pyridine rings is 1. The monoisotopic (exact) mass is 537 g/mol. The Bertz CT molecular complexity index is 1610. The molecular formula is C30H27N5O3S. The van der Waals surface area contributed by atoms with Crippen LogP contribution in [0.5, 0.6) is 11.5 Å². The van der Waals surface area contributed by atoms with E-state index < -0.39 is 0 Å². The molecule has 1 atom stereocenters. The van der Waals surface area contributed by atoms with Gasteiger partial charge in [-0.2, -0.15) is 0 Å². The molecule has 4 heterocycles. The number of nitrogens with zero attached hydrogens (tertiary/aromatic N) is 5. The Balaban J connectivity index is 1.20. The number of benzene rings is 2. The van der Waals surface area contributed by atoms with Crippen molar-refractivity contribution in [2.45, 2.75) is 31.7 Å². The molecule has 8 nitrogen and oxygen atoms in total. The standard InChI is InChI=1S/C30H27N5O3S/c1-20-16-25(21(2)34(20)17-24-18-37-27-10-6-7-11-28(27)38-24)26(36)19-39-30-33-32-29(22-12-14-31-15-13-22)35(30)23-8-4-3-5-9-23/h3-16,24H,17-19H2,1-2H3/t24-/m0/s1. The predicted octanol–water partition coefficient (Wildman–Crippen LogP) is 5.56. The Morgan fingerprint density at radius 2 is 1.72 bits per heavy atom. The molecule has 0 amide bonds. The third-order valence-corrected chi connectivity index (χ3v) is 7.68. The average molecular weight is 538 g/mol. The van der Waals surface area contributed by atoms with E-state index in [1.165, 1.54) is 11.8 Å². The highest BCUT2D eigenvalue weighted by molar-refractivity contribution is 7.99. The van der Waals surface area contributed by atoms with Crippen LogP contribution in [0.2, 0.25) is 0 Å². The molecule has 0 N–H and O–H groups in total. The van der Waals surface area contributed by atoms with Gasteiger partial charge in [-0.3, -0.25) is 14.3 Å². The largest absolute Gasteiger partial charge is 0.486 e. The highest BCUT2D eigenvalue weighted by Gasteiger charge is 2.24. The average Bonchev–Trinajstić information content (AvgIpc) is 3.53. The summed E-state index contributed by atoms with van der Waals surface area (Å²) >= 11 is 1.38. The summed E-state index contributed by atoms with van der Waals surface area (Å²) in [5.74, 6) is 2.49. The molecule has 0 bridgehead atoms. The van der Waals surface area contributed by atoms with E-state index in [9.17, 15) is 4.79 Å². The fourth-order valence-electron chi connectivity index (χ4n) is 4.79. The minimum absolute atomic E-state index is 0.0404. The quantitative estimate of drug-likeness (QED) is 0.189. The van der Waals surface area contributed by atoms with E-state index in [0.717, 1.165) is 34.1 Å². The summed E-state index contributed by atoms with van der Waals surface area (Å²) in [7, 11) is 0. The molecule has 0 radical (unpaired) electrons. The first kappa shape index (κ1) is 24.9. The second-order valence-corrected chi connectivity index (χ2v) is 10.3. The number of rotatable bonds is 8. The van der Waals surface area contributed by atoms with Gasteiger partial charge in [0, 0.05) is 40.6 Å². The number of aryl methyl sites for hydroxylation is 1. The molecule has 0 unspecified atom stereocenters. The summed E-state index contributed by atoms with van der Waals surface area (Å²) in [6, 6.07) is 23.4. The number of hydrogen-bond acceptors (Lipinski definition) is 7. The van der Waals surface area contributed by atoms with Crippen molar-refractivity contribution < 1.29 is 14.3 Å². The lowest BCUT2D eigenvalue weighted by Crippen LogP contribution is -2.33. The molecule has 3 aromatic heterocycles. The number of fused-ring (bicyclic) bond motifs is 1. The van der Waals surface area contributed by atoms with Crippen molar-refractivity contribution in [1.29, 1.82) is 0 Å². The Labute approximate surface area is 230 Å². The fourth-order valence-corrected chi connectivity index (χ4v) is 5.63. The van der Waals surface area contributed by atoms with Gasteiger partial charge in [0.2, 0.25) is 0 Å². The minimum Gasteiger partial charge on any atom is -0.486 e. The zero-order valence-electron chi connectivity index (χ0n) is 21.7. The molecule has 0 saturated heterocycles. The van der Waals surface area contributed by atoms with Gasteiger partial charge >= 0.3 is 0 Å². The third kappa shape index (κ3) is 5.05. The van der Waals surface area contributed by atoms with Gasteiger partial charge in [0.25, 0.3) is 0 Å². The molecule has 1 aliphatic heterocycles. The lowest BCUT2D eigenvalue weighted by atomic mass is 10.2. The molecule has 39 heavy (non-hydrogen) atoms. The van der Waals surface area contributed by atoms with Crippen LogP contribution < -0.4 is 9.47 Å². The van der Waals surface area contributed by atoms with E-state index >= 15 is 0 Å². The van der Waals surface area contributed by atoms with E-state index in [2.05, 4.69) is 19.7 Å². The second-order valence-electron chi connectivity index (χ2n) is 9.32. The maximum Gasteiger partial charge on any atom is 0.196 e. The van der Waals surface area contributed by atoms with Crippen LogP contribution in [0.1, 0.15) is 21.7 Å². The van der Waals surface area contributed by atoms with E-state index in [4.69, 9.17) is 9.47 Å². The summed E-state index contributed by atoms with van der Waals surface area (Å²) in [6.45, 7) is 5.06. The molecule has 0 saturated carbocycles. The van der Waals surface area contributed by atoms with Gasteiger partial charge in [0.15, 0.2) is 34.4 Å². The van der Waals surface area contributed by atoms with Crippen molar-refractivity contribution >= 4 is 17.5 Å². The van der Waals surface area contributed by atoms with Crippen molar-refractivity contribution in [1.82, 2.24) is 24.3 Å². The summed E-state index contributed by atoms with van der Waals surface area (Å²) in [5.41, 5.74) is 4.47.